The molecule has 1 aliphatic rings. The standard InChI is InChI=1S/C14H20OS/c1-10(2)6-7-13(15)11-4-3-5-14-12(11)8-9-16-14/h8-11H,3-7H2,1-2H3. The Hall–Kier alpha value is -0.630. The summed E-state index contributed by atoms with van der Waals surface area (Å²) in [5.41, 5.74) is 1.34. The third-order valence-electron chi connectivity index (χ3n) is 3.41. The molecular weight excluding hydrogens is 216 g/mol. The molecule has 0 amide bonds. The van der Waals surface area contributed by atoms with Gasteiger partial charge in [-0.2, -0.15) is 0 Å². The molecule has 0 bridgehead atoms. The van der Waals surface area contributed by atoms with E-state index in [-0.39, 0.29) is 5.92 Å². The van der Waals surface area contributed by atoms with Gasteiger partial charge in [-0.1, -0.05) is 13.8 Å². The Morgan fingerprint density at radius 1 is 1.56 bits per heavy atom. The number of carbonyl (C=O) groups excluding carboxylic acids is 1. The Kier molecular flexibility index (Phi) is 3.80. The fourth-order valence-corrected chi connectivity index (χ4v) is 3.41. The van der Waals surface area contributed by atoms with Crippen LogP contribution in [0.2, 0.25) is 0 Å². The van der Waals surface area contributed by atoms with Crippen LogP contribution in [0.1, 0.15) is 55.9 Å². The van der Waals surface area contributed by atoms with E-state index in [2.05, 4.69) is 25.3 Å². The molecule has 0 saturated carbocycles. The highest BCUT2D eigenvalue weighted by molar-refractivity contribution is 7.10. The number of Topliss-reactive ketones (excluding diaryl/α,β-unsaturated/α-hetero) is 1. The third kappa shape index (κ3) is 2.54. The Bertz CT molecular complexity index is 365. The number of aryl methyl sites for hydroxylation is 1. The van der Waals surface area contributed by atoms with Crippen LogP contribution in [0.15, 0.2) is 11.4 Å². The number of hydrogen-bond donors (Lipinski definition) is 0. The van der Waals surface area contributed by atoms with Crippen molar-refractivity contribution in [3.05, 3.63) is 21.9 Å². The SMILES string of the molecule is CC(C)CCC(=O)C1CCCc2sccc21. The van der Waals surface area contributed by atoms with Crippen LogP contribution in [0.5, 0.6) is 0 Å². The number of ketones is 1. The first-order valence-corrected chi connectivity index (χ1v) is 7.15. The second-order valence-electron chi connectivity index (χ2n) is 5.14. The lowest BCUT2D eigenvalue weighted by Gasteiger charge is -2.21. The molecule has 1 aromatic rings. The van der Waals surface area contributed by atoms with Crippen LogP contribution in [-0.2, 0) is 11.2 Å². The lowest BCUT2D eigenvalue weighted by Crippen LogP contribution is -2.17. The topological polar surface area (TPSA) is 17.1 Å². The Morgan fingerprint density at radius 3 is 3.12 bits per heavy atom. The Morgan fingerprint density at radius 2 is 2.38 bits per heavy atom. The zero-order chi connectivity index (χ0) is 11.5. The summed E-state index contributed by atoms with van der Waals surface area (Å²) in [6.07, 6.45) is 5.24. The Balaban J connectivity index is 2.03. The van der Waals surface area contributed by atoms with E-state index in [1.807, 2.05) is 11.3 Å². The molecule has 0 aliphatic heterocycles. The molecule has 0 spiro atoms. The van der Waals surface area contributed by atoms with Crippen LogP contribution < -0.4 is 0 Å². The van der Waals surface area contributed by atoms with Crippen molar-refractivity contribution in [3.63, 3.8) is 0 Å². The molecule has 0 aromatic carbocycles. The molecule has 0 N–H and O–H groups in total. The summed E-state index contributed by atoms with van der Waals surface area (Å²) in [7, 11) is 0. The zero-order valence-corrected chi connectivity index (χ0v) is 11.0. The van der Waals surface area contributed by atoms with Crippen LogP contribution in [0.25, 0.3) is 0 Å². The Labute approximate surface area is 102 Å². The smallest absolute Gasteiger partial charge is 0.140 e. The molecule has 1 heterocycles. The average molecular weight is 236 g/mol. The van der Waals surface area contributed by atoms with Gasteiger partial charge in [0.2, 0.25) is 0 Å². The van der Waals surface area contributed by atoms with Gasteiger partial charge in [0.05, 0.1) is 0 Å². The first kappa shape index (κ1) is 11.8. The summed E-state index contributed by atoms with van der Waals surface area (Å²) < 4.78 is 0. The largest absolute Gasteiger partial charge is 0.299 e. The van der Waals surface area contributed by atoms with E-state index < -0.39 is 0 Å². The summed E-state index contributed by atoms with van der Waals surface area (Å²) in [5.74, 6) is 1.32. The highest BCUT2D eigenvalue weighted by atomic mass is 32.1. The van der Waals surface area contributed by atoms with Crippen molar-refractivity contribution in [1.82, 2.24) is 0 Å². The second kappa shape index (κ2) is 5.13. The molecule has 1 atom stereocenters. The summed E-state index contributed by atoms with van der Waals surface area (Å²) in [5, 5.41) is 2.14. The normalized spacial score (nSPS) is 19.8. The van der Waals surface area contributed by atoms with Crippen LogP contribution >= 0.6 is 11.3 Å². The summed E-state index contributed by atoms with van der Waals surface area (Å²) >= 11 is 1.82. The molecule has 0 radical (unpaired) electrons. The zero-order valence-electron chi connectivity index (χ0n) is 10.2. The van der Waals surface area contributed by atoms with E-state index in [9.17, 15) is 4.79 Å². The van der Waals surface area contributed by atoms with E-state index in [1.54, 1.807) is 0 Å². The van der Waals surface area contributed by atoms with Crippen molar-refractivity contribution in [2.75, 3.05) is 0 Å². The van der Waals surface area contributed by atoms with Gasteiger partial charge in [0, 0.05) is 17.2 Å². The molecular formula is C14H20OS. The van der Waals surface area contributed by atoms with Gasteiger partial charge in [-0.3, -0.25) is 4.79 Å². The maximum absolute atomic E-state index is 12.2. The minimum Gasteiger partial charge on any atom is -0.299 e. The third-order valence-corrected chi connectivity index (χ3v) is 4.41. The van der Waals surface area contributed by atoms with E-state index in [4.69, 9.17) is 0 Å². The van der Waals surface area contributed by atoms with Crippen LogP contribution in [-0.4, -0.2) is 5.78 Å². The summed E-state index contributed by atoms with van der Waals surface area (Å²) in [6.45, 7) is 4.37. The maximum Gasteiger partial charge on any atom is 0.140 e. The lowest BCUT2D eigenvalue weighted by molar-refractivity contribution is -0.121. The summed E-state index contributed by atoms with van der Waals surface area (Å²) in [4.78, 5) is 13.6. The fraction of sp³-hybridized carbons (Fsp3) is 0.643. The maximum atomic E-state index is 12.2. The van der Waals surface area contributed by atoms with Gasteiger partial charge in [-0.25, -0.2) is 0 Å². The molecule has 1 unspecified atom stereocenters. The van der Waals surface area contributed by atoms with Gasteiger partial charge in [0.25, 0.3) is 0 Å². The molecule has 0 fully saturated rings. The molecule has 1 aromatic heterocycles. The quantitative estimate of drug-likeness (QED) is 0.766. The first-order chi connectivity index (χ1) is 7.68. The fourth-order valence-electron chi connectivity index (χ4n) is 2.43. The number of thiophene rings is 1. The average Bonchev–Trinajstić information content (AvgIpc) is 2.73. The highest BCUT2D eigenvalue weighted by Crippen LogP contribution is 2.36. The molecule has 88 valence electrons. The molecule has 0 saturated heterocycles. The van der Waals surface area contributed by atoms with E-state index in [0.717, 1.165) is 19.3 Å². The molecule has 1 aliphatic carbocycles. The number of fused-ring (bicyclic) bond motifs is 1. The number of carbonyl (C=O) groups is 1. The number of rotatable bonds is 4. The predicted octanol–water partition coefficient (Wildman–Crippen LogP) is 4.17. The van der Waals surface area contributed by atoms with Crippen LogP contribution in [0.3, 0.4) is 0 Å². The summed E-state index contributed by atoms with van der Waals surface area (Å²) in [6, 6.07) is 2.16. The van der Waals surface area contributed by atoms with Gasteiger partial charge in [-0.15, -0.1) is 11.3 Å². The van der Waals surface area contributed by atoms with E-state index in [1.165, 1.54) is 23.3 Å². The van der Waals surface area contributed by atoms with Gasteiger partial charge >= 0.3 is 0 Å². The van der Waals surface area contributed by atoms with Crippen molar-refractivity contribution in [2.45, 2.75) is 51.9 Å². The van der Waals surface area contributed by atoms with Gasteiger partial charge in [-0.05, 0) is 48.6 Å². The molecule has 16 heavy (non-hydrogen) atoms. The van der Waals surface area contributed by atoms with Gasteiger partial charge < -0.3 is 0 Å². The molecule has 1 nitrogen and oxygen atoms in total. The molecule has 2 rings (SSSR count). The minimum atomic E-state index is 0.216. The van der Waals surface area contributed by atoms with E-state index >= 15 is 0 Å². The molecule has 2 heteroatoms. The van der Waals surface area contributed by atoms with Crippen molar-refractivity contribution in [3.8, 4) is 0 Å². The van der Waals surface area contributed by atoms with Crippen molar-refractivity contribution in [2.24, 2.45) is 5.92 Å². The van der Waals surface area contributed by atoms with Gasteiger partial charge in [0.15, 0.2) is 0 Å². The highest BCUT2D eigenvalue weighted by Gasteiger charge is 2.26. The second-order valence-corrected chi connectivity index (χ2v) is 6.14. The van der Waals surface area contributed by atoms with Crippen LogP contribution in [0, 0.1) is 5.92 Å². The monoisotopic (exact) mass is 236 g/mol. The van der Waals surface area contributed by atoms with Crippen molar-refractivity contribution >= 4 is 17.1 Å². The number of hydrogen-bond acceptors (Lipinski definition) is 2. The predicted molar refractivity (Wildman–Crippen MR) is 69.1 cm³/mol. The van der Waals surface area contributed by atoms with Crippen molar-refractivity contribution < 1.29 is 4.79 Å². The lowest BCUT2D eigenvalue weighted by atomic mass is 9.83. The van der Waals surface area contributed by atoms with E-state index in [0.29, 0.717) is 11.7 Å². The van der Waals surface area contributed by atoms with Crippen molar-refractivity contribution in [1.29, 1.82) is 0 Å². The van der Waals surface area contributed by atoms with Gasteiger partial charge in [0.1, 0.15) is 5.78 Å². The minimum absolute atomic E-state index is 0.216. The van der Waals surface area contributed by atoms with Crippen LogP contribution in [0.4, 0.5) is 0 Å². The first-order valence-electron chi connectivity index (χ1n) is 6.27.